The van der Waals surface area contributed by atoms with E-state index in [1.807, 2.05) is 37.7 Å². The molecule has 0 aliphatic carbocycles. The molecule has 0 atom stereocenters. The molecule has 2 aromatic rings. The molecule has 19 heavy (non-hydrogen) atoms. The molecule has 0 fully saturated rings. The second-order valence-corrected chi connectivity index (χ2v) is 6.71. The summed E-state index contributed by atoms with van der Waals surface area (Å²) >= 11 is 0. The number of aliphatic imine (C=N–C) groups is 1. The minimum atomic E-state index is -0.794. The van der Waals surface area contributed by atoms with Gasteiger partial charge in [0.2, 0.25) is 0 Å². The first-order valence-electron chi connectivity index (χ1n) is 6.16. The lowest BCUT2D eigenvalue weighted by molar-refractivity contribution is 0.581. The second-order valence-electron chi connectivity index (χ2n) is 4.69. The van der Waals surface area contributed by atoms with Crippen molar-refractivity contribution >= 4 is 20.9 Å². The van der Waals surface area contributed by atoms with Crippen molar-refractivity contribution in [3.05, 3.63) is 41.7 Å². The van der Waals surface area contributed by atoms with Gasteiger partial charge in [-0.1, -0.05) is 6.07 Å². The molecule has 1 heterocycles. The van der Waals surface area contributed by atoms with E-state index in [-0.39, 0.29) is 0 Å². The first kappa shape index (κ1) is 13.5. The average Bonchev–Trinajstić information content (AvgIpc) is 2.73. The van der Waals surface area contributed by atoms with Gasteiger partial charge in [0.05, 0.1) is 6.20 Å². The molecule has 0 N–H and O–H groups in total. The Morgan fingerprint density at radius 3 is 2.79 bits per heavy atom. The Bertz CT molecular complexity index is 590. The third-order valence-corrected chi connectivity index (χ3v) is 3.14. The summed E-state index contributed by atoms with van der Waals surface area (Å²) in [6, 6.07) is 6.07. The Labute approximate surface area is 115 Å². The van der Waals surface area contributed by atoms with E-state index in [1.54, 1.807) is 10.9 Å². The molecule has 0 saturated heterocycles. The van der Waals surface area contributed by atoms with Gasteiger partial charge in [0, 0.05) is 25.0 Å². The Balaban J connectivity index is 2.26. The highest BCUT2D eigenvalue weighted by molar-refractivity contribution is 6.49. The summed E-state index contributed by atoms with van der Waals surface area (Å²) < 4.78 is 7.64. The molecule has 0 saturated carbocycles. The minimum absolute atomic E-state index is 0.794. The third kappa shape index (κ3) is 3.79. The van der Waals surface area contributed by atoms with Gasteiger partial charge in [0.25, 0.3) is 9.04 Å². The molecule has 0 unspecified atom stereocenters. The lowest BCUT2D eigenvalue weighted by atomic mass is 10.2. The predicted octanol–water partition coefficient (Wildman–Crippen LogP) is 3.11. The number of aryl methyl sites for hydroxylation is 2. The molecule has 4 nitrogen and oxygen atoms in total. The number of hydrogen-bond donors (Lipinski definition) is 0. The van der Waals surface area contributed by atoms with Gasteiger partial charge in [0.15, 0.2) is 0 Å². The summed E-state index contributed by atoms with van der Waals surface area (Å²) in [6.07, 6.45) is 5.52. The Hall–Kier alpha value is -1.88. The average molecular weight is 272 g/mol. The van der Waals surface area contributed by atoms with Crippen LogP contribution >= 0.6 is 0 Å². The van der Waals surface area contributed by atoms with Crippen LogP contribution in [-0.2, 0) is 7.05 Å². The SMILES string of the molecule is Cc1ccc(N=Cc2cnn(C)c2)c(O[Si](C)C)c1. The molecular weight excluding hydrogens is 254 g/mol. The van der Waals surface area contributed by atoms with E-state index in [4.69, 9.17) is 4.43 Å². The zero-order valence-corrected chi connectivity index (χ0v) is 12.7. The van der Waals surface area contributed by atoms with Crippen LogP contribution in [0.25, 0.3) is 0 Å². The molecule has 0 bridgehead atoms. The van der Waals surface area contributed by atoms with E-state index in [2.05, 4.69) is 30.1 Å². The minimum Gasteiger partial charge on any atom is -0.541 e. The Kier molecular flexibility index (Phi) is 4.16. The summed E-state index contributed by atoms with van der Waals surface area (Å²) in [5, 5.41) is 4.11. The normalized spacial score (nSPS) is 11.4. The lowest BCUT2D eigenvalue weighted by Gasteiger charge is -2.11. The summed E-state index contributed by atoms with van der Waals surface area (Å²) in [5.41, 5.74) is 3.02. The summed E-state index contributed by atoms with van der Waals surface area (Å²) in [7, 11) is 1.10. The fourth-order valence-electron chi connectivity index (χ4n) is 1.68. The van der Waals surface area contributed by atoms with Crippen molar-refractivity contribution in [3.8, 4) is 5.75 Å². The van der Waals surface area contributed by atoms with Crippen molar-refractivity contribution in [3.63, 3.8) is 0 Å². The first-order chi connectivity index (χ1) is 9.04. The van der Waals surface area contributed by atoms with Crippen molar-refractivity contribution in [1.29, 1.82) is 0 Å². The van der Waals surface area contributed by atoms with Crippen LogP contribution in [0.1, 0.15) is 11.1 Å². The van der Waals surface area contributed by atoms with E-state index in [0.29, 0.717) is 0 Å². The maximum absolute atomic E-state index is 5.89. The van der Waals surface area contributed by atoms with Gasteiger partial charge in [-0.3, -0.25) is 9.67 Å². The standard InChI is InChI=1S/C14H18N3OSi/c1-11-5-6-13(14(7-11)18-19(3)4)15-8-12-9-16-17(2)10-12/h5-10H,1-4H3. The highest BCUT2D eigenvalue weighted by Crippen LogP contribution is 2.29. The maximum Gasteiger partial charge on any atom is 0.274 e. The van der Waals surface area contributed by atoms with Gasteiger partial charge in [-0.2, -0.15) is 5.10 Å². The van der Waals surface area contributed by atoms with Crippen LogP contribution in [0, 0.1) is 6.92 Å². The number of hydrogen-bond acceptors (Lipinski definition) is 3. The van der Waals surface area contributed by atoms with Gasteiger partial charge in [-0.05, 0) is 37.7 Å². The summed E-state index contributed by atoms with van der Waals surface area (Å²) in [6.45, 7) is 6.28. The topological polar surface area (TPSA) is 39.4 Å². The van der Waals surface area contributed by atoms with E-state index >= 15 is 0 Å². The molecule has 0 amide bonds. The van der Waals surface area contributed by atoms with Gasteiger partial charge < -0.3 is 4.43 Å². The molecule has 1 radical (unpaired) electrons. The van der Waals surface area contributed by atoms with E-state index in [9.17, 15) is 0 Å². The van der Waals surface area contributed by atoms with Gasteiger partial charge in [0.1, 0.15) is 11.4 Å². The van der Waals surface area contributed by atoms with Gasteiger partial charge in [-0.25, -0.2) is 0 Å². The zero-order chi connectivity index (χ0) is 13.8. The maximum atomic E-state index is 5.89. The molecule has 0 spiro atoms. The van der Waals surface area contributed by atoms with Crippen LogP contribution in [0.15, 0.2) is 35.6 Å². The Morgan fingerprint density at radius 1 is 1.37 bits per heavy atom. The van der Waals surface area contributed by atoms with Crippen molar-refractivity contribution in [2.45, 2.75) is 20.0 Å². The summed E-state index contributed by atoms with van der Waals surface area (Å²) in [4.78, 5) is 4.50. The van der Waals surface area contributed by atoms with Crippen molar-refractivity contribution in [1.82, 2.24) is 9.78 Å². The second kappa shape index (κ2) is 5.84. The van der Waals surface area contributed by atoms with E-state index in [1.165, 1.54) is 5.56 Å². The van der Waals surface area contributed by atoms with Gasteiger partial charge in [-0.15, -0.1) is 0 Å². The molecule has 1 aromatic carbocycles. The zero-order valence-electron chi connectivity index (χ0n) is 11.7. The third-order valence-electron chi connectivity index (χ3n) is 2.51. The molecule has 5 heteroatoms. The van der Waals surface area contributed by atoms with Crippen molar-refractivity contribution in [2.75, 3.05) is 0 Å². The van der Waals surface area contributed by atoms with Crippen LogP contribution in [-0.4, -0.2) is 25.0 Å². The van der Waals surface area contributed by atoms with Crippen LogP contribution in [0.3, 0.4) is 0 Å². The molecule has 1 aromatic heterocycles. The Morgan fingerprint density at radius 2 is 2.16 bits per heavy atom. The van der Waals surface area contributed by atoms with Crippen LogP contribution in [0.4, 0.5) is 5.69 Å². The highest BCUT2D eigenvalue weighted by atomic mass is 28.3. The van der Waals surface area contributed by atoms with Crippen LogP contribution < -0.4 is 4.43 Å². The number of rotatable bonds is 4. The molecular formula is C14H18N3OSi. The van der Waals surface area contributed by atoms with Gasteiger partial charge >= 0.3 is 0 Å². The highest BCUT2D eigenvalue weighted by Gasteiger charge is 2.06. The van der Waals surface area contributed by atoms with Crippen LogP contribution in [0.5, 0.6) is 5.75 Å². The lowest BCUT2D eigenvalue weighted by Crippen LogP contribution is -2.11. The van der Waals surface area contributed by atoms with E-state index in [0.717, 1.165) is 17.0 Å². The summed E-state index contributed by atoms with van der Waals surface area (Å²) in [5.74, 6) is 0.860. The van der Waals surface area contributed by atoms with Crippen LogP contribution in [0.2, 0.25) is 13.1 Å². The number of aromatic nitrogens is 2. The number of nitrogens with zero attached hydrogens (tertiary/aromatic N) is 3. The first-order valence-corrected chi connectivity index (χ1v) is 8.57. The quantitative estimate of drug-likeness (QED) is 0.633. The van der Waals surface area contributed by atoms with E-state index < -0.39 is 9.04 Å². The molecule has 2 rings (SSSR count). The fourth-order valence-corrected chi connectivity index (χ4v) is 2.28. The molecule has 0 aliphatic rings. The molecule has 99 valence electrons. The van der Waals surface area contributed by atoms with Crippen molar-refractivity contribution in [2.24, 2.45) is 12.0 Å². The predicted molar refractivity (Wildman–Crippen MR) is 79.8 cm³/mol. The smallest absolute Gasteiger partial charge is 0.274 e. The largest absolute Gasteiger partial charge is 0.541 e. The fraction of sp³-hybridized carbons (Fsp3) is 0.286. The monoisotopic (exact) mass is 272 g/mol. The van der Waals surface area contributed by atoms with Crippen molar-refractivity contribution < 1.29 is 4.43 Å². The molecule has 0 aliphatic heterocycles. The number of benzene rings is 1.